The lowest BCUT2D eigenvalue weighted by Gasteiger charge is -2.26. The number of benzene rings is 1. The summed E-state index contributed by atoms with van der Waals surface area (Å²) in [6.45, 7) is 5.65. The van der Waals surface area contributed by atoms with Gasteiger partial charge in [0.15, 0.2) is 0 Å². The van der Waals surface area contributed by atoms with Crippen molar-refractivity contribution in [3.63, 3.8) is 0 Å². The maximum atomic E-state index is 11.9. The maximum Gasteiger partial charge on any atom is 0.297 e. The van der Waals surface area contributed by atoms with Crippen molar-refractivity contribution in [1.29, 1.82) is 0 Å². The minimum Gasteiger partial charge on any atom is -0.260 e. The summed E-state index contributed by atoms with van der Waals surface area (Å²) >= 11 is 0. The van der Waals surface area contributed by atoms with E-state index in [1.54, 1.807) is 30.3 Å². The predicted octanol–water partition coefficient (Wildman–Crippen LogP) is 2.97. The van der Waals surface area contributed by atoms with Gasteiger partial charge in [0.05, 0.1) is 10.5 Å². The van der Waals surface area contributed by atoms with Crippen LogP contribution in [0.25, 0.3) is 0 Å². The zero-order chi connectivity index (χ0) is 12.2. The summed E-state index contributed by atoms with van der Waals surface area (Å²) in [4.78, 5) is 0.211. The van der Waals surface area contributed by atoms with Crippen molar-refractivity contribution >= 4 is 10.1 Å². The van der Waals surface area contributed by atoms with Crippen LogP contribution in [0.1, 0.15) is 33.6 Å². The van der Waals surface area contributed by atoms with Crippen molar-refractivity contribution in [3.05, 3.63) is 30.3 Å². The van der Waals surface area contributed by atoms with Gasteiger partial charge < -0.3 is 0 Å². The molecule has 4 heteroatoms. The quantitative estimate of drug-likeness (QED) is 0.745. The van der Waals surface area contributed by atoms with Crippen LogP contribution in [0.2, 0.25) is 0 Å². The second-order valence-corrected chi connectivity index (χ2v) is 5.55. The molecule has 16 heavy (non-hydrogen) atoms. The Morgan fingerprint density at radius 2 is 1.62 bits per heavy atom. The Hall–Kier alpha value is -0.870. The molecule has 0 aliphatic rings. The van der Waals surface area contributed by atoms with Gasteiger partial charge in [0.2, 0.25) is 0 Å². The van der Waals surface area contributed by atoms with Gasteiger partial charge in [-0.25, -0.2) is 0 Å². The van der Waals surface area contributed by atoms with Crippen molar-refractivity contribution in [2.75, 3.05) is 0 Å². The van der Waals surface area contributed by atoms with Crippen LogP contribution < -0.4 is 0 Å². The molecule has 0 heterocycles. The first-order valence-corrected chi connectivity index (χ1v) is 6.85. The van der Waals surface area contributed by atoms with Gasteiger partial charge in [-0.15, -0.1) is 0 Å². The van der Waals surface area contributed by atoms with E-state index in [9.17, 15) is 8.42 Å². The van der Waals surface area contributed by atoms with E-state index in [1.807, 2.05) is 20.8 Å². The highest BCUT2D eigenvalue weighted by molar-refractivity contribution is 7.86. The average molecular weight is 242 g/mol. The average Bonchev–Trinajstić information content (AvgIpc) is 2.29. The summed E-state index contributed by atoms with van der Waals surface area (Å²) in [6.07, 6.45) is 1.32. The van der Waals surface area contributed by atoms with Crippen LogP contribution >= 0.6 is 0 Å². The Kier molecular flexibility index (Phi) is 4.10. The fourth-order valence-electron chi connectivity index (χ4n) is 1.27. The molecule has 0 aromatic heterocycles. The van der Waals surface area contributed by atoms with E-state index >= 15 is 0 Å². The molecule has 0 N–H and O–H groups in total. The molecular formula is C12H18O3S. The van der Waals surface area contributed by atoms with Gasteiger partial charge >= 0.3 is 0 Å². The molecule has 0 amide bonds. The third-order valence-electron chi connectivity index (χ3n) is 2.84. The molecule has 0 spiro atoms. The zero-order valence-corrected chi connectivity index (χ0v) is 10.8. The summed E-state index contributed by atoms with van der Waals surface area (Å²) in [6, 6.07) is 8.23. The minimum absolute atomic E-state index is 0.211. The Bertz CT molecular complexity index is 419. The van der Waals surface area contributed by atoms with Crippen LogP contribution in [-0.4, -0.2) is 14.0 Å². The molecular weight excluding hydrogens is 224 g/mol. The standard InChI is InChI=1S/C12H18O3S/c1-4-12(3,5-2)15-16(13,14)11-9-7-6-8-10-11/h6-10H,4-5H2,1-3H3. The maximum absolute atomic E-state index is 11.9. The number of hydrogen-bond donors (Lipinski definition) is 0. The molecule has 0 radical (unpaired) electrons. The Morgan fingerprint density at radius 3 is 2.06 bits per heavy atom. The second kappa shape index (κ2) is 4.97. The first kappa shape index (κ1) is 13.2. The second-order valence-electron chi connectivity index (χ2n) is 4.01. The fourth-order valence-corrected chi connectivity index (χ4v) is 2.62. The lowest BCUT2D eigenvalue weighted by atomic mass is 10.0. The topological polar surface area (TPSA) is 43.4 Å². The van der Waals surface area contributed by atoms with Crippen LogP contribution in [0.4, 0.5) is 0 Å². The van der Waals surface area contributed by atoms with Gasteiger partial charge in [-0.1, -0.05) is 32.0 Å². The van der Waals surface area contributed by atoms with Crippen molar-refractivity contribution in [2.45, 2.75) is 44.1 Å². The monoisotopic (exact) mass is 242 g/mol. The van der Waals surface area contributed by atoms with Crippen LogP contribution in [0.15, 0.2) is 35.2 Å². The highest BCUT2D eigenvalue weighted by Crippen LogP contribution is 2.25. The summed E-state index contributed by atoms with van der Waals surface area (Å²) in [7, 11) is -3.64. The number of hydrogen-bond acceptors (Lipinski definition) is 3. The lowest BCUT2D eigenvalue weighted by molar-refractivity contribution is 0.0883. The summed E-state index contributed by atoms with van der Waals surface area (Å²) in [5, 5.41) is 0. The van der Waals surface area contributed by atoms with Gasteiger partial charge in [-0.2, -0.15) is 8.42 Å². The lowest BCUT2D eigenvalue weighted by Crippen LogP contribution is -2.30. The van der Waals surface area contributed by atoms with E-state index in [2.05, 4.69) is 0 Å². The molecule has 0 fully saturated rings. The summed E-state index contributed by atoms with van der Waals surface area (Å²) < 4.78 is 29.2. The molecule has 1 aromatic rings. The SMILES string of the molecule is CCC(C)(CC)OS(=O)(=O)c1ccccc1. The Labute approximate surface area is 97.6 Å². The molecule has 0 aliphatic heterocycles. The van der Waals surface area contributed by atoms with E-state index < -0.39 is 15.7 Å². The van der Waals surface area contributed by atoms with Gasteiger partial charge in [0.25, 0.3) is 10.1 Å². The molecule has 0 saturated carbocycles. The van der Waals surface area contributed by atoms with Gasteiger partial charge in [-0.3, -0.25) is 4.18 Å². The highest BCUT2D eigenvalue weighted by atomic mass is 32.2. The zero-order valence-electron chi connectivity index (χ0n) is 9.93. The third-order valence-corrected chi connectivity index (χ3v) is 4.31. The van der Waals surface area contributed by atoms with E-state index in [0.717, 1.165) is 0 Å². The number of rotatable bonds is 5. The largest absolute Gasteiger partial charge is 0.297 e. The Morgan fingerprint density at radius 1 is 1.12 bits per heavy atom. The van der Waals surface area contributed by atoms with E-state index in [-0.39, 0.29) is 4.90 Å². The van der Waals surface area contributed by atoms with Gasteiger partial charge in [0.1, 0.15) is 0 Å². The van der Waals surface area contributed by atoms with Crippen LogP contribution in [0, 0.1) is 0 Å². The molecule has 90 valence electrons. The molecule has 0 saturated heterocycles. The van der Waals surface area contributed by atoms with E-state index in [4.69, 9.17) is 4.18 Å². The molecule has 0 bridgehead atoms. The van der Waals surface area contributed by atoms with Crippen molar-refractivity contribution in [3.8, 4) is 0 Å². The molecule has 0 aliphatic carbocycles. The molecule has 0 unspecified atom stereocenters. The van der Waals surface area contributed by atoms with Crippen molar-refractivity contribution in [1.82, 2.24) is 0 Å². The van der Waals surface area contributed by atoms with Crippen LogP contribution in [0.5, 0.6) is 0 Å². The first-order valence-electron chi connectivity index (χ1n) is 5.44. The van der Waals surface area contributed by atoms with Gasteiger partial charge in [-0.05, 0) is 31.9 Å². The predicted molar refractivity (Wildman–Crippen MR) is 63.7 cm³/mol. The first-order chi connectivity index (χ1) is 7.43. The Balaban J connectivity index is 2.97. The fraction of sp³-hybridized carbons (Fsp3) is 0.500. The molecule has 1 rings (SSSR count). The third kappa shape index (κ3) is 3.06. The highest BCUT2D eigenvalue weighted by Gasteiger charge is 2.29. The molecule has 3 nitrogen and oxygen atoms in total. The summed E-state index contributed by atoms with van der Waals surface area (Å²) in [5.41, 5.74) is -0.616. The van der Waals surface area contributed by atoms with E-state index in [1.165, 1.54) is 0 Å². The van der Waals surface area contributed by atoms with Crippen molar-refractivity contribution < 1.29 is 12.6 Å². The van der Waals surface area contributed by atoms with E-state index in [0.29, 0.717) is 12.8 Å². The summed E-state index contributed by atoms with van der Waals surface area (Å²) in [5.74, 6) is 0. The van der Waals surface area contributed by atoms with Gasteiger partial charge in [0, 0.05) is 0 Å². The smallest absolute Gasteiger partial charge is 0.260 e. The van der Waals surface area contributed by atoms with Crippen LogP contribution in [-0.2, 0) is 14.3 Å². The molecule has 0 atom stereocenters. The minimum atomic E-state index is -3.64. The normalized spacial score (nSPS) is 12.7. The van der Waals surface area contributed by atoms with Crippen LogP contribution in [0.3, 0.4) is 0 Å². The molecule has 1 aromatic carbocycles. The van der Waals surface area contributed by atoms with Crippen molar-refractivity contribution in [2.24, 2.45) is 0 Å².